The lowest BCUT2D eigenvalue weighted by atomic mass is 10.1. The fraction of sp³-hybridized carbons (Fsp3) is 0.500. The first-order valence-electron chi connectivity index (χ1n) is 5.50. The Balaban J connectivity index is 2.69. The van der Waals surface area contributed by atoms with Gasteiger partial charge < -0.3 is 20.9 Å². The molecule has 17 heavy (non-hydrogen) atoms. The highest BCUT2D eigenvalue weighted by Gasteiger charge is 2.08. The summed E-state index contributed by atoms with van der Waals surface area (Å²) in [4.78, 5) is 0. The van der Waals surface area contributed by atoms with Crippen LogP contribution >= 0.6 is 11.6 Å². The quantitative estimate of drug-likeness (QED) is 0.714. The lowest BCUT2D eigenvalue weighted by molar-refractivity contribution is 0.179. The molecule has 1 aromatic carbocycles. The molecule has 5 heteroatoms. The number of aryl methyl sites for hydroxylation is 1. The van der Waals surface area contributed by atoms with Crippen LogP contribution < -0.4 is 15.8 Å². The highest BCUT2D eigenvalue weighted by atomic mass is 35.5. The minimum Gasteiger partial charge on any atom is -0.496 e. The number of aliphatic hydroxyl groups excluding tert-OH is 1. The maximum absolute atomic E-state index is 9.33. The Morgan fingerprint density at radius 1 is 1.53 bits per heavy atom. The molecule has 4 N–H and O–H groups in total. The summed E-state index contributed by atoms with van der Waals surface area (Å²) in [5, 5.41) is 13.1. The highest BCUT2D eigenvalue weighted by Crippen LogP contribution is 2.27. The summed E-state index contributed by atoms with van der Waals surface area (Å²) in [7, 11) is 1.63. The molecular weight excluding hydrogens is 240 g/mol. The number of nitrogens with two attached hydrogens (primary N) is 1. The van der Waals surface area contributed by atoms with Crippen molar-refractivity contribution in [1.29, 1.82) is 0 Å². The number of benzene rings is 1. The lowest BCUT2D eigenvalue weighted by Crippen LogP contribution is -2.32. The molecule has 0 aliphatic rings. The average molecular weight is 259 g/mol. The molecule has 0 amide bonds. The highest BCUT2D eigenvalue weighted by molar-refractivity contribution is 6.30. The topological polar surface area (TPSA) is 67.5 Å². The third-order valence-corrected chi connectivity index (χ3v) is 2.71. The molecule has 0 bridgehead atoms. The predicted octanol–water partition coefficient (Wildman–Crippen LogP) is 1.07. The summed E-state index contributed by atoms with van der Waals surface area (Å²) in [5.74, 6) is 0.823. The Morgan fingerprint density at radius 3 is 2.82 bits per heavy atom. The molecule has 0 fully saturated rings. The Bertz CT molecular complexity index is 372. The number of halogens is 1. The van der Waals surface area contributed by atoms with Gasteiger partial charge in [0.1, 0.15) is 5.75 Å². The van der Waals surface area contributed by atoms with Crippen LogP contribution in [0.5, 0.6) is 5.75 Å². The maximum atomic E-state index is 9.33. The molecule has 0 spiro atoms. The zero-order valence-electron chi connectivity index (χ0n) is 10.2. The number of nitrogens with one attached hydrogen (secondary N) is 1. The Hall–Kier alpha value is -0.810. The number of aliphatic hydroxyl groups is 1. The molecule has 0 saturated carbocycles. The molecular formula is C12H19ClN2O2. The maximum Gasteiger partial charge on any atom is 0.126 e. The van der Waals surface area contributed by atoms with Crippen molar-refractivity contribution < 1.29 is 9.84 Å². The van der Waals surface area contributed by atoms with E-state index in [1.165, 1.54) is 0 Å². The second-order valence-electron chi connectivity index (χ2n) is 3.94. The van der Waals surface area contributed by atoms with Gasteiger partial charge in [0.25, 0.3) is 0 Å². The van der Waals surface area contributed by atoms with Crippen molar-refractivity contribution in [2.75, 3.05) is 20.2 Å². The molecule has 1 rings (SSSR count). The molecule has 0 saturated heterocycles. The standard InChI is InChI=1S/C12H19ClN2O2/c1-8-3-10(13)4-9(12(8)17-2)6-15-7-11(16)5-14/h3-4,11,15-16H,5-7,14H2,1-2H3. The lowest BCUT2D eigenvalue weighted by Gasteiger charge is -2.14. The van der Waals surface area contributed by atoms with E-state index in [4.69, 9.17) is 22.1 Å². The molecule has 0 aliphatic carbocycles. The molecule has 4 nitrogen and oxygen atoms in total. The fourth-order valence-corrected chi connectivity index (χ4v) is 1.97. The summed E-state index contributed by atoms with van der Waals surface area (Å²) in [6.07, 6.45) is -0.527. The van der Waals surface area contributed by atoms with Crippen molar-refractivity contribution in [3.63, 3.8) is 0 Å². The van der Waals surface area contributed by atoms with Gasteiger partial charge in [-0.15, -0.1) is 0 Å². The molecule has 0 radical (unpaired) electrons. The van der Waals surface area contributed by atoms with E-state index >= 15 is 0 Å². The minimum absolute atomic E-state index is 0.249. The van der Waals surface area contributed by atoms with Crippen molar-refractivity contribution in [2.24, 2.45) is 5.73 Å². The third-order valence-electron chi connectivity index (χ3n) is 2.49. The van der Waals surface area contributed by atoms with Gasteiger partial charge in [-0.2, -0.15) is 0 Å². The van der Waals surface area contributed by atoms with Crippen LogP contribution in [-0.4, -0.2) is 31.4 Å². The van der Waals surface area contributed by atoms with E-state index in [0.29, 0.717) is 18.1 Å². The third kappa shape index (κ3) is 4.16. The summed E-state index contributed by atoms with van der Waals surface area (Å²) in [6.45, 7) is 3.23. The molecule has 1 unspecified atom stereocenters. The number of methoxy groups -OCH3 is 1. The van der Waals surface area contributed by atoms with Crippen LogP contribution in [0.15, 0.2) is 12.1 Å². The van der Waals surface area contributed by atoms with Crippen molar-refractivity contribution in [1.82, 2.24) is 5.32 Å². The fourth-order valence-electron chi connectivity index (χ4n) is 1.68. The normalized spacial score (nSPS) is 12.5. The molecule has 0 aliphatic heterocycles. The van der Waals surface area contributed by atoms with Crippen molar-refractivity contribution in [3.05, 3.63) is 28.3 Å². The largest absolute Gasteiger partial charge is 0.496 e. The average Bonchev–Trinajstić information content (AvgIpc) is 2.28. The zero-order chi connectivity index (χ0) is 12.8. The predicted molar refractivity (Wildman–Crippen MR) is 69.5 cm³/mol. The molecule has 1 atom stereocenters. The summed E-state index contributed by atoms with van der Waals surface area (Å²) < 4.78 is 5.33. The van der Waals surface area contributed by atoms with E-state index < -0.39 is 6.10 Å². The van der Waals surface area contributed by atoms with Crippen LogP contribution in [0.3, 0.4) is 0 Å². The van der Waals surface area contributed by atoms with Gasteiger partial charge in [-0.25, -0.2) is 0 Å². The van der Waals surface area contributed by atoms with Crippen LogP contribution in [-0.2, 0) is 6.54 Å². The van der Waals surface area contributed by atoms with Gasteiger partial charge in [0, 0.05) is 30.2 Å². The Labute approximate surface area is 107 Å². The second kappa shape index (κ2) is 6.81. The first-order chi connectivity index (χ1) is 8.08. The van der Waals surface area contributed by atoms with Crippen LogP contribution in [0.1, 0.15) is 11.1 Å². The molecule has 1 aromatic rings. The molecule has 0 aromatic heterocycles. The van der Waals surface area contributed by atoms with Gasteiger partial charge in [0.15, 0.2) is 0 Å². The van der Waals surface area contributed by atoms with Gasteiger partial charge in [-0.3, -0.25) is 0 Å². The van der Waals surface area contributed by atoms with Crippen LogP contribution in [0.4, 0.5) is 0 Å². The van der Waals surface area contributed by atoms with Crippen LogP contribution in [0.2, 0.25) is 5.02 Å². The molecule has 96 valence electrons. The molecule has 0 heterocycles. The summed E-state index contributed by atoms with van der Waals surface area (Å²) >= 11 is 6.00. The van der Waals surface area contributed by atoms with Crippen molar-refractivity contribution in [3.8, 4) is 5.75 Å². The Kier molecular flexibility index (Phi) is 5.71. The number of rotatable bonds is 6. The summed E-state index contributed by atoms with van der Waals surface area (Å²) in [5.41, 5.74) is 7.29. The van der Waals surface area contributed by atoms with Crippen molar-refractivity contribution >= 4 is 11.6 Å². The van der Waals surface area contributed by atoms with E-state index in [2.05, 4.69) is 5.32 Å². The number of hydrogen-bond acceptors (Lipinski definition) is 4. The van der Waals surface area contributed by atoms with E-state index in [0.717, 1.165) is 16.9 Å². The van der Waals surface area contributed by atoms with Crippen LogP contribution in [0, 0.1) is 6.92 Å². The number of hydrogen-bond donors (Lipinski definition) is 3. The summed E-state index contributed by atoms with van der Waals surface area (Å²) in [6, 6.07) is 3.72. The van der Waals surface area contributed by atoms with E-state index in [-0.39, 0.29) is 6.54 Å². The van der Waals surface area contributed by atoms with E-state index in [9.17, 15) is 5.11 Å². The van der Waals surface area contributed by atoms with Gasteiger partial charge in [0.2, 0.25) is 0 Å². The first kappa shape index (κ1) is 14.3. The Morgan fingerprint density at radius 2 is 2.24 bits per heavy atom. The van der Waals surface area contributed by atoms with Gasteiger partial charge in [-0.1, -0.05) is 11.6 Å². The first-order valence-corrected chi connectivity index (χ1v) is 5.88. The van der Waals surface area contributed by atoms with Gasteiger partial charge in [-0.05, 0) is 24.6 Å². The number of ether oxygens (including phenoxy) is 1. The smallest absolute Gasteiger partial charge is 0.126 e. The van der Waals surface area contributed by atoms with E-state index in [1.807, 2.05) is 19.1 Å². The second-order valence-corrected chi connectivity index (χ2v) is 4.37. The zero-order valence-corrected chi connectivity index (χ0v) is 10.9. The van der Waals surface area contributed by atoms with Crippen LogP contribution in [0.25, 0.3) is 0 Å². The SMILES string of the molecule is COc1c(C)cc(Cl)cc1CNCC(O)CN. The van der Waals surface area contributed by atoms with E-state index in [1.54, 1.807) is 7.11 Å². The van der Waals surface area contributed by atoms with Gasteiger partial charge >= 0.3 is 0 Å². The minimum atomic E-state index is -0.527. The monoisotopic (exact) mass is 258 g/mol. The van der Waals surface area contributed by atoms with Crippen molar-refractivity contribution in [2.45, 2.75) is 19.6 Å². The van der Waals surface area contributed by atoms with Gasteiger partial charge in [0.05, 0.1) is 13.2 Å².